The standard InChI is InChI=1S/C20H24ClNO2/c1-14-8-7-11-16(18(14)21)19(24)22-12-17(20(2,3)13-23)15-9-5-4-6-10-15/h4-11,17,23H,12-13H2,1-3H3,(H,22,24). The zero-order chi connectivity index (χ0) is 17.7. The van der Waals surface area contributed by atoms with E-state index in [0.29, 0.717) is 17.1 Å². The van der Waals surface area contributed by atoms with Crippen LogP contribution in [0.15, 0.2) is 48.5 Å². The summed E-state index contributed by atoms with van der Waals surface area (Å²) in [5, 5.41) is 13.2. The lowest BCUT2D eigenvalue weighted by Gasteiger charge is -2.33. The Balaban J connectivity index is 2.19. The second kappa shape index (κ2) is 7.82. The number of aliphatic hydroxyl groups excluding tert-OH is 1. The largest absolute Gasteiger partial charge is 0.396 e. The molecule has 24 heavy (non-hydrogen) atoms. The van der Waals surface area contributed by atoms with E-state index >= 15 is 0 Å². The van der Waals surface area contributed by atoms with Crippen LogP contribution < -0.4 is 5.32 Å². The van der Waals surface area contributed by atoms with Crippen LogP contribution in [0.25, 0.3) is 0 Å². The number of carbonyl (C=O) groups excluding carboxylic acids is 1. The Morgan fingerprint density at radius 2 is 1.83 bits per heavy atom. The normalized spacial score (nSPS) is 12.7. The first-order valence-corrected chi connectivity index (χ1v) is 8.43. The summed E-state index contributed by atoms with van der Waals surface area (Å²) in [6, 6.07) is 15.4. The summed E-state index contributed by atoms with van der Waals surface area (Å²) >= 11 is 6.24. The van der Waals surface area contributed by atoms with Crippen molar-refractivity contribution in [3.05, 3.63) is 70.2 Å². The van der Waals surface area contributed by atoms with Gasteiger partial charge < -0.3 is 10.4 Å². The molecule has 0 aliphatic carbocycles. The van der Waals surface area contributed by atoms with Crippen LogP contribution in [0.4, 0.5) is 0 Å². The number of benzene rings is 2. The maximum absolute atomic E-state index is 12.5. The number of hydrogen-bond acceptors (Lipinski definition) is 2. The van der Waals surface area contributed by atoms with Gasteiger partial charge in [0.2, 0.25) is 0 Å². The van der Waals surface area contributed by atoms with E-state index in [0.717, 1.165) is 11.1 Å². The van der Waals surface area contributed by atoms with Crippen molar-refractivity contribution < 1.29 is 9.90 Å². The maximum Gasteiger partial charge on any atom is 0.252 e. The van der Waals surface area contributed by atoms with Gasteiger partial charge in [-0.3, -0.25) is 4.79 Å². The zero-order valence-corrected chi connectivity index (χ0v) is 15.1. The minimum absolute atomic E-state index is 0.00349. The van der Waals surface area contributed by atoms with Gasteiger partial charge in [-0.15, -0.1) is 0 Å². The third-order valence-electron chi connectivity index (χ3n) is 4.46. The fraction of sp³-hybridized carbons (Fsp3) is 0.350. The van der Waals surface area contributed by atoms with Crippen LogP contribution in [0.3, 0.4) is 0 Å². The zero-order valence-electron chi connectivity index (χ0n) is 14.3. The average Bonchev–Trinajstić information content (AvgIpc) is 2.58. The van der Waals surface area contributed by atoms with E-state index in [1.165, 1.54) is 0 Å². The lowest BCUT2D eigenvalue weighted by molar-refractivity contribution is 0.0920. The van der Waals surface area contributed by atoms with Crippen LogP contribution in [0.5, 0.6) is 0 Å². The molecule has 0 radical (unpaired) electrons. The monoisotopic (exact) mass is 345 g/mol. The second-order valence-corrected chi connectivity index (χ2v) is 7.13. The van der Waals surface area contributed by atoms with Crippen LogP contribution in [-0.4, -0.2) is 24.2 Å². The van der Waals surface area contributed by atoms with Crippen molar-refractivity contribution in [1.29, 1.82) is 0 Å². The van der Waals surface area contributed by atoms with E-state index in [-0.39, 0.29) is 23.8 Å². The molecule has 0 fully saturated rings. The van der Waals surface area contributed by atoms with E-state index in [2.05, 4.69) is 5.32 Å². The SMILES string of the molecule is Cc1cccc(C(=O)NCC(c2ccccc2)C(C)(C)CO)c1Cl. The Hall–Kier alpha value is -1.84. The topological polar surface area (TPSA) is 49.3 Å². The summed E-state index contributed by atoms with van der Waals surface area (Å²) in [7, 11) is 0. The number of aryl methyl sites for hydroxylation is 1. The number of aliphatic hydroxyl groups is 1. The van der Waals surface area contributed by atoms with Crippen molar-refractivity contribution in [2.75, 3.05) is 13.2 Å². The molecule has 0 aliphatic heterocycles. The number of rotatable bonds is 6. The van der Waals surface area contributed by atoms with E-state index in [4.69, 9.17) is 11.6 Å². The predicted molar refractivity (Wildman–Crippen MR) is 98.6 cm³/mol. The number of carbonyl (C=O) groups is 1. The lowest BCUT2D eigenvalue weighted by Crippen LogP contribution is -2.37. The summed E-state index contributed by atoms with van der Waals surface area (Å²) in [5.74, 6) is -0.199. The summed E-state index contributed by atoms with van der Waals surface area (Å²) in [6.45, 7) is 6.34. The lowest BCUT2D eigenvalue weighted by atomic mass is 9.75. The van der Waals surface area contributed by atoms with Gasteiger partial charge in [0.05, 0.1) is 10.6 Å². The molecule has 1 unspecified atom stereocenters. The van der Waals surface area contributed by atoms with E-state index in [9.17, 15) is 9.90 Å². The molecule has 2 aromatic carbocycles. The van der Waals surface area contributed by atoms with Gasteiger partial charge in [0.15, 0.2) is 0 Å². The predicted octanol–water partition coefficient (Wildman–Crippen LogP) is 4.18. The second-order valence-electron chi connectivity index (χ2n) is 6.76. The molecule has 0 aromatic heterocycles. The van der Waals surface area contributed by atoms with Gasteiger partial charge in [-0.05, 0) is 29.5 Å². The maximum atomic E-state index is 12.5. The van der Waals surface area contributed by atoms with Crippen molar-refractivity contribution in [1.82, 2.24) is 5.32 Å². The molecule has 0 saturated carbocycles. The van der Waals surface area contributed by atoms with Crippen LogP contribution >= 0.6 is 11.6 Å². The van der Waals surface area contributed by atoms with Crippen molar-refractivity contribution in [3.8, 4) is 0 Å². The molecule has 4 heteroatoms. The Kier molecular flexibility index (Phi) is 6.03. The quantitative estimate of drug-likeness (QED) is 0.825. The summed E-state index contributed by atoms with van der Waals surface area (Å²) in [6.07, 6.45) is 0. The van der Waals surface area contributed by atoms with Crippen LogP contribution in [0.2, 0.25) is 5.02 Å². The molecule has 2 aromatic rings. The van der Waals surface area contributed by atoms with Crippen molar-refractivity contribution in [2.45, 2.75) is 26.7 Å². The molecule has 0 spiro atoms. The van der Waals surface area contributed by atoms with Crippen LogP contribution in [0.1, 0.15) is 41.3 Å². The highest BCUT2D eigenvalue weighted by Crippen LogP contribution is 2.34. The molecule has 2 N–H and O–H groups in total. The smallest absolute Gasteiger partial charge is 0.252 e. The minimum atomic E-state index is -0.356. The van der Waals surface area contributed by atoms with Crippen molar-refractivity contribution in [2.24, 2.45) is 5.41 Å². The fourth-order valence-corrected chi connectivity index (χ4v) is 2.97. The van der Waals surface area contributed by atoms with E-state index < -0.39 is 0 Å². The molecule has 0 heterocycles. The Bertz CT molecular complexity index is 698. The van der Waals surface area contributed by atoms with Gasteiger partial charge in [0, 0.05) is 19.1 Å². The molecule has 0 aliphatic rings. The molecule has 2 rings (SSSR count). The average molecular weight is 346 g/mol. The first-order valence-electron chi connectivity index (χ1n) is 8.06. The molecule has 1 atom stereocenters. The summed E-state index contributed by atoms with van der Waals surface area (Å²) < 4.78 is 0. The number of hydrogen-bond donors (Lipinski definition) is 2. The Morgan fingerprint density at radius 3 is 2.46 bits per heavy atom. The third-order valence-corrected chi connectivity index (χ3v) is 4.96. The molecular formula is C20H24ClNO2. The molecule has 3 nitrogen and oxygen atoms in total. The molecule has 0 saturated heterocycles. The Morgan fingerprint density at radius 1 is 1.17 bits per heavy atom. The molecule has 0 bridgehead atoms. The van der Waals surface area contributed by atoms with Gasteiger partial charge >= 0.3 is 0 Å². The highest BCUT2D eigenvalue weighted by molar-refractivity contribution is 6.34. The van der Waals surface area contributed by atoms with Gasteiger partial charge in [-0.2, -0.15) is 0 Å². The van der Waals surface area contributed by atoms with Gasteiger partial charge in [0.1, 0.15) is 0 Å². The molecule has 1 amide bonds. The highest BCUT2D eigenvalue weighted by atomic mass is 35.5. The van der Waals surface area contributed by atoms with Gasteiger partial charge in [0.25, 0.3) is 5.91 Å². The number of nitrogens with one attached hydrogen (secondary N) is 1. The first-order chi connectivity index (χ1) is 11.4. The van der Waals surface area contributed by atoms with Crippen molar-refractivity contribution in [3.63, 3.8) is 0 Å². The Labute approximate surface area is 148 Å². The molecular weight excluding hydrogens is 322 g/mol. The van der Waals surface area contributed by atoms with Crippen molar-refractivity contribution >= 4 is 17.5 Å². The number of amides is 1. The van der Waals surface area contributed by atoms with Gasteiger partial charge in [-0.25, -0.2) is 0 Å². The highest BCUT2D eigenvalue weighted by Gasteiger charge is 2.30. The van der Waals surface area contributed by atoms with E-state index in [1.807, 2.05) is 63.2 Å². The first kappa shape index (κ1) is 18.5. The van der Waals surface area contributed by atoms with E-state index in [1.54, 1.807) is 6.07 Å². The fourth-order valence-electron chi connectivity index (χ4n) is 2.75. The summed E-state index contributed by atoms with van der Waals surface area (Å²) in [5.41, 5.74) is 2.09. The van der Waals surface area contributed by atoms with Crippen LogP contribution in [-0.2, 0) is 0 Å². The number of halogens is 1. The minimum Gasteiger partial charge on any atom is -0.396 e. The van der Waals surface area contributed by atoms with Gasteiger partial charge in [-0.1, -0.05) is 67.9 Å². The third kappa shape index (κ3) is 4.16. The molecule has 128 valence electrons. The van der Waals surface area contributed by atoms with Crippen LogP contribution in [0, 0.1) is 12.3 Å². The summed E-state index contributed by atoms with van der Waals surface area (Å²) in [4.78, 5) is 12.5.